The van der Waals surface area contributed by atoms with Gasteiger partial charge in [-0.3, -0.25) is 4.98 Å². The average Bonchev–Trinajstić information content (AvgIpc) is 3.17. The van der Waals surface area contributed by atoms with E-state index in [1.165, 1.54) is 0 Å². The third-order valence-electron chi connectivity index (χ3n) is 5.06. The fourth-order valence-corrected chi connectivity index (χ4v) is 3.58. The van der Waals surface area contributed by atoms with Crippen molar-refractivity contribution in [3.8, 4) is 0 Å². The smallest absolute Gasteiger partial charge is 0.165 e. The molecule has 0 bridgehead atoms. The molecule has 0 N–H and O–H groups in total. The predicted octanol–water partition coefficient (Wildman–Crippen LogP) is 2.12. The molecule has 0 aliphatic carbocycles. The third-order valence-corrected chi connectivity index (χ3v) is 5.06. The molecular weight excluding hydrogens is 340 g/mol. The van der Waals surface area contributed by atoms with Gasteiger partial charge in [-0.15, -0.1) is 0 Å². The topological polar surface area (TPSA) is 75.9 Å². The minimum atomic E-state index is 0.849. The van der Waals surface area contributed by atoms with Crippen molar-refractivity contribution in [2.45, 2.75) is 13.5 Å². The number of benzene rings is 1. The van der Waals surface area contributed by atoms with Crippen LogP contribution in [0.5, 0.6) is 0 Å². The normalized spacial score (nSPS) is 15.0. The van der Waals surface area contributed by atoms with Crippen molar-refractivity contribution in [3.05, 3.63) is 43.1 Å². The zero-order chi connectivity index (χ0) is 18.2. The lowest BCUT2D eigenvalue weighted by molar-refractivity contribution is 0.642. The van der Waals surface area contributed by atoms with E-state index in [1.807, 2.05) is 41.4 Å². The number of hydrogen-bond acceptors (Lipinski definition) is 7. The summed E-state index contributed by atoms with van der Waals surface area (Å²) in [5.74, 6) is 1.84. The lowest BCUT2D eigenvalue weighted by atomic mass is 10.3. The molecule has 136 valence electrons. The standard InChI is InChI=1S/C19H20N8/c1-2-25-13-23-17-18(25)21-12-22-19(17)27-9-7-26(8-10-27)16-11-20-14-5-3-4-6-15(14)24-16/h3-6,11-13H,2,7-10H2,1H3. The van der Waals surface area contributed by atoms with E-state index in [-0.39, 0.29) is 0 Å². The van der Waals surface area contributed by atoms with Gasteiger partial charge < -0.3 is 14.4 Å². The minimum absolute atomic E-state index is 0.849. The van der Waals surface area contributed by atoms with Crippen molar-refractivity contribution in [1.82, 2.24) is 29.5 Å². The minimum Gasteiger partial charge on any atom is -0.352 e. The molecule has 27 heavy (non-hydrogen) atoms. The number of nitrogens with zero attached hydrogens (tertiary/aromatic N) is 8. The highest BCUT2D eigenvalue weighted by atomic mass is 15.3. The number of rotatable bonds is 3. The van der Waals surface area contributed by atoms with E-state index in [9.17, 15) is 0 Å². The maximum Gasteiger partial charge on any atom is 0.165 e. The maximum absolute atomic E-state index is 4.76. The molecule has 0 amide bonds. The van der Waals surface area contributed by atoms with Crippen LogP contribution in [0.2, 0.25) is 0 Å². The van der Waals surface area contributed by atoms with E-state index in [0.717, 1.165) is 66.6 Å². The summed E-state index contributed by atoms with van der Waals surface area (Å²) in [7, 11) is 0. The van der Waals surface area contributed by atoms with Crippen LogP contribution < -0.4 is 9.80 Å². The molecule has 0 unspecified atom stereocenters. The van der Waals surface area contributed by atoms with Gasteiger partial charge in [-0.05, 0) is 19.1 Å². The zero-order valence-corrected chi connectivity index (χ0v) is 15.2. The number of hydrogen-bond donors (Lipinski definition) is 0. The summed E-state index contributed by atoms with van der Waals surface area (Å²) in [6, 6.07) is 7.97. The molecule has 4 aromatic rings. The van der Waals surface area contributed by atoms with Crippen LogP contribution in [0.1, 0.15) is 6.92 Å². The van der Waals surface area contributed by atoms with E-state index in [4.69, 9.17) is 4.98 Å². The van der Waals surface area contributed by atoms with Gasteiger partial charge in [0.1, 0.15) is 12.1 Å². The average molecular weight is 360 g/mol. The van der Waals surface area contributed by atoms with Crippen LogP contribution in [0.25, 0.3) is 22.2 Å². The first-order chi connectivity index (χ1) is 13.3. The van der Waals surface area contributed by atoms with Crippen molar-refractivity contribution >= 4 is 33.8 Å². The van der Waals surface area contributed by atoms with Crippen molar-refractivity contribution < 1.29 is 0 Å². The van der Waals surface area contributed by atoms with Crippen molar-refractivity contribution in [3.63, 3.8) is 0 Å². The lowest BCUT2D eigenvalue weighted by Gasteiger charge is -2.35. The summed E-state index contributed by atoms with van der Waals surface area (Å²) in [4.78, 5) is 27.3. The molecular formula is C19H20N8. The Morgan fingerprint density at radius 2 is 1.67 bits per heavy atom. The van der Waals surface area contributed by atoms with Gasteiger partial charge in [0.15, 0.2) is 17.0 Å². The summed E-state index contributed by atoms with van der Waals surface area (Å²) in [5, 5.41) is 0. The number of para-hydroxylation sites is 2. The number of aromatic nitrogens is 6. The first kappa shape index (κ1) is 15.9. The second kappa shape index (κ2) is 6.46. The second-order valence-corrected chi connectivity index (χ2v) is 6.59. The highest BCUT2D eigenvalue weighted by molar-refractivity contribution is 5.83. The van der Waals surface area contributed by atoms with E-state index >= 15 is 0 Å². The molecule has 0 saturated carbocycles. The molecule has 8 nitrogen and oxygen atoms in total. The van der Waals surface area contributed by atoms with Gasteiger partial charge in [0.05, 0.1) is 23.6 Å². The van der Waals surface area contributed by atoms with Gasteiger partial charge in [-0.2, -0.15) is 0 Å². The van der Waals surface area contributed by atoms with E-state index in [1.54, 1.807) is 6.33 Å². The van der Waals surface area contributed by atoms with Crippen LogP contribution in [0.4, 0.5) is 11.6 Å². The third kappa shape index (κ3) is 2.73. The molecule has 5 rings (SSSR count). The molecule has 1 fully saturated rings. The zero-order valence-electron chi connectivity index (χ0n) is 15.2. The van der Waals surface area contributed by atoms with Crippen LogP contribution in [0.15, 0.2) is 43.1 Å². The Balaban J connectivity index is 1.37. The van der Waals surface area contributed by atoms with Crippen molar-refractivity contribution in [2.24, 2.45) is 0 Å². The van der Waals surface area contributed by atoms with Crippen molar-refractivity contribution in [1.29, 1.82) is 0 Å². The van der Waals surface area contributed by atoms with Gasteiger partial charge in [0.25, 0.3) is 0 Å². The van der Waals surface area contributed by atoms with Gasteiger partial charge >= 0.3 is 0 Å². The molecule has 1 aliphatic heterocycles. The second-order valence-electron chi connectivity index (χ2n) is 6.59. The first-order valence-electron chi connectivity index (χ1n) is 9.21. The van der Waals surface area contributed by atoms with Crippen LogP contribution >= 0.6 is 0 Å². The number of fused-ring (bicyclic) bond motifs is 2. The number of aryl methyl sites for hydroxylation is 1. The number of imidazole rings is 1. The fourth-order valence-electron chi connectivity index (χ4n) is 3.58. The summed E-state index contributed by atoms with van der Waals surface area (Å²) < 4.78 is 2.04. The lowest BCUT2D eigenvalue weighted by Crippen LogP contribution is -2.47. The Morgan fingerprint density at radius 1 is 0.889 bits per heavy atom. The highest BCUT2D eigenvalue weighted by Gasteiger charge is 2.22. The fraction of sp³-hybridized carbons (Fsp3) is 0.316. The van der Waals surface area contributed by atoms with Gasteiger partial charge in [-0.25, -0.2) is 19.9 Å². The molecule has 1 aromatic carbocycles. The first-order valence-corrected chi connectivity index (χ1v) is 9.21. The summed E-state index contributed by atoms with van der Waals surface area (Å²) in [6.45, 7) is 6.40. The Morgan fingerprint density at radius 3 is 2.48 bits per heavy atom. The monoisotopic (exact) mass is 360 g/mol. The largest absolute Gasteiger partial charge is 0.352 e. The van der Waals surface area contributed by atoms with E-state index < -0.39 is 0 Å². The van der Waals surface area contributed by atoms with Crippen LogP contribution in [-0.2, 0) is 6.54 Å². The van der Waals surface area contributed by atoms with E-state index in [2.05, 4.69) is 36.7 Å². The maximum atomic E-state index is 4.76. The Labute approximate surface area is 156 Å². The summed E-state index contributed by atoms with van der Waals surface area (Å²) in [6.07, 6.45) is 5.33. The van der Waals surface area contributed by atoms with Gasteiger partial charge in [-0.1, -0.05) is 12.1 Å². The molecule has 0 atom stereocenters. The predicted molar refractivity (Wildman–Crippen MR) is 105 cm³/mol. The number of anilines is 2. The molecule has 1 aliphatic rings. The highest BCUT2D eigenvalue weighted by Crippen LogP contribution is 2.24. The van der Waals surface area contributed by atoms with Crippen LogP contribution in [0.3, 0.4) is 0 Å². The van der Waals surface area contributed by atoms with Crippen LogP contribution in [-0.4, -0.2) is 55.7 Å². The SMILES string of the molecule is CCn1cnc2c(N3CCN(c4cnc5ccccc5n4)CC3)ncnc21. The van der Waals surface area contributed by atoms with Crippen LogP contribution in [0, 0.1) is 0 Å². The number of piperazine rings is 1. The van der Waals surface area contributed by atoms with E-state index in [0.29, 0.717) is 0 Å². The molecule has 1 saturated heterocycles. The van der Waals surface area contributed by atoms with Gasteiger partial charge in [0, 0.05) is 32.7 Å². The Bertz CT molecular complexity index is 1100. The van der Waals surface area contributed by atoms with Crippen molar-refractivity contribution in [2.75, 3.05) is 36.0 Å². The van der Waals surface area contributed by atoms with Gasteiger partial charge in [0.2, 0.25) is 0 Å². The Kier molecular flexibility index (Phi) is 3.81. The molecule has 0 spiro atoms. The quantitative estimate of drug-likeness (QED) is 0.554. The summed E-state index contributed by atoms with van der Waals surface area (Å²) in [5.41, 5.74) is 3.62. The summed E-state index contributed by atoms with van der Waals surface area (Å²) >= 11 is 0. The molecule has 8 heteroatoms. The molecule has 3 aromatic heterocycles. The molecule has 4 heterocycles. The molecule has 0 radical (unpaired) electrons. The Hall–Kier alpha value is -3.29.